The van der Waals surface area contributed by atoms with Crippen molar-refractivity contribution in [3.63, 3.8) is 0 Å². The zero-order valence-electron chi connectivity index (χ0n) is 14.3. The molecule has 2 N–H and O–H groups in total. The van der Waals surface area contributed by atoms with Crippen LogP contribution in [0.1, 0.15) is 46.5 Å². The Bertz CT molecular complexity index is 409. The van der Waals surface area contributed by atoms with Crippen molar-refractivity contribution in [2.75, 3.05) is 32.7 Å². The second kappa shape index (κ2) is 6.99. The first kappa shape index (κ1) is 17.3. The molecule has 0 aliphatic carbocycles. The van der Waals surface area contributed by atoms with Crippen LogP contribution < -0.4 is 5.73 Å². The van der Waals surface area contributed by atoms with Gasteiger partial charge in [0.2, 0.25) is 11.8 Å². The molecule has 2 amide bonds. The monoisotopic (exact) mass is 309 g/mol. The Morgan fingerprint density at radius 1 is 1.05 bits per heavy atom. The highest BCUT2D eigenvalue weighted by Crippen LogP contribution is 2.26. The number of carbonyl (C=O) groups excluding carboxylic acids is 2. The number of rotatable bonds is 2. The van der Waals surface area contributed by atoms with Crippen LogP contribution in [0.3, 0.4) is 0 Å². The molecule has 2 rings (SSSR count). The lowest BCUT2D eigenvalue weighted by Gasteiger charge is -2.39. The van der Waals surface area contributed by atoms with Crippen molar-refractivity contribution in [1.82, 2.24) is 9.80 Å². The van der Waals surface area contributed by atoms with Crippen LogP contribution >= 0.6 is 0 Å². The number of amides is 2. The molecule has 2 aliphatic heterocycles. The highest BCUT2D eigenvalue weighted by molar-refractivity contribution is 5.84. The van der Waals surface area contributed by atoms with Crippen LogP contribution in [0.2, 0.25) is 0 Å². The standard InChI is InChI=1S/C17H31N3O2/c1-17(2,3)16(22)20-8-4-5-14(12-20)15(21)19-9-6-13(11-18)7-10-19/h13-14H,4-12,18H2,1-3H3. The fourth-order valence-corrected chi connectivity index (χ4v) is 3.48. The maximum Gasteiger partial charge on any atom is 0.227 e. The molecule has 2 heterocycles. The molecule has 22 heavy (non-hydrogen) atoms. The van der Waals surface area contributed by atoms with Gasteiger partial charge in [-0.15, -0.1) is 0 Å². The van der Waals surface area contributed by atoms with Gasteiger partial charge >= 0.3 is 0 Å². The molecular formula is C17H31N3O2. The maximum atomic E-state index is 12.7. The van der Waals surface area contributed by atoms with Crippen LogP contribution in [-0.2, 0) is 9.59 Å². The van der Waals surface area contributed by atoms with Crippen molar-refractivity contribution in [3.8, 4) is 0 Å². The third-order valence-electron chi connectivity index (χ3n) is 4.96. The highest BCUT2D eigenvalue weighted by atomic mass is 16.2. The second-order valence-electron chi connectivity index (χ2n) is 7.84. The molecule has 5 heteroatoms. The number of piperidine rings is 2. The van der Waals surface area contributed by atoms with Gasteiger partial charge in [0.25, 0.3) is 0 Å². The van der Waals surface area contributed by atoms with E-state index in [9.17, 15) is 9.59 Å². The van der Waals surface area contributed by atoms with Crippen LogP contribution in [0.4, 0.5) is 0 Å². The zero-order valence-corrected chi connectivity index (χ0v) is 14.3. The summed E-state index contributed by atoms with van der Waals surface area (Å²) in [6.07, 6.45) is 3.86. The number of hydrogen-bond donors (Lipinski definition) is 1. The number of nitrogens with two attached hydrogens (primary N) is 1. The minimum absolute atomic E-state index is 0.0190. The van der Waals surface area contributed by atoms with Crippen molar-refractivity contribution in [2.24, 2.45) is 23.0 Å². The molecule has 2 aliphatic rings. The van der Waals surface area contributed by atoms with Crippen molar-refractivity contribution in [1.29, 1.82) is 0 Å². The minimum Gasteiger partial charge on any atom is -0.342 e. The van der Waals surface area contributed by atoms with Crippen LogP contribution in [0.15, 0.2) is 0 Å². The Balaban J connectivity index is 1.92. The van der Waals surface area contributed by atoms with E-state index in [2.05, 4.69) is 0 Å². The molecule has 0 bridgehead atoms. The van der Waals surface area contributed by atoms with Gasteiger partial charge in [0.15, 0.2) is 0 Å². The van der Waals surface area contributed by atoms with Gasteiger partial charge in [-0.25, -0.2) is 0 Å². The van der Waals surface area contributed by atoms with E-state index in [1.807, 2.05) is 30.6 Å². The fourth-order valence-electron chi connectivity index (χ4n) is 3.48. The van der Waals surface area contributed by atoms with Gasteiger partial charge in [0.05, 0.1) is 5.92 Å². The van der Waals surface area contributed by atoms with Crippen LogP contribution in [0, 0.1) is 17.3 Å². The van der Waals surface area contributed by atoms with E-state index in [1.54, 1.807) is 0 Å². The minimum atomic E-state index is -0.371. The second-order valence-corrected chi connectivity index (χ2v) is 7.84. The summed E-state index contributed by atoms with van der Waals surface area (Å²) in [4.78, 5) is 29.0. The van der Waals surface area contributed by atoms with Crippen LogP contribution in [0.5, 0.6) is 0 Å². The molecule has 0 aromatic rings. The Hall–Kier alpha value is -1.10. The van der Waals surface area contributed by atoms with E-state index >= 15 is 0 Å². The first-order chi connectivity index (χ1) is 10.3. The normalized spacial score (nSPS) is 24.5. The summed E-state index contributed by atoms with van der Waals surface area (Å²) in [6.45, 7) is 9.57. The molecule has 0 saturated carbocycles. The zero-order chi connectivity index (χ0) is 16.3. The Morgan fingerprint density at radius 2 is 1.68 bits per heavy atom. The predicted molar refractivity (Wildman–Crippen MR) is 87.1 cm³/mol. The van der Waals surface area contributed by atoms with Gasteiger partial charge < -0.3 is 15.5 Å². The van der Waals surface area contributed by atoms with Crippen molar-refractivity contribution in [2.45, 2.75) is 46.5 Å². The molecule has 0 aromatic carbocycles. The average molecular weight is 309 g/mol. The number of hydrogen-bond acceptors (Lipinski definition) is 3. The average Bonchev–Trinajstić information content (AvgIpc) is 2.52. The smallest absolute Gasteiger partial charge is 0.227 e. The SMILES string of the molecule is CC(C)(C)C(=O)N1CCCC(C(=O)N2CCC(CN)CC2)C1. The van der Waals surface area contributed by atoms with E-state index in [1.165, 1.54) is 0 Å². The van der Waals surface area contributed by atoms with Gasteiger partial charge in [-0.05, 0) is 38.1 Å². The third kappa shape index (κ3) is 4.00. The van der Waals surface area contributed by atoms with E-state index in [-0.39, 0.29) is 23.1 Å². The van der Waals surface area contributed by atoms with Gasteiger partial charge in [0, 0.05) is 31.6 Å². The molecule has 126 valence electrons. The summed E-state index contributed by atoms with van der Waals surface area (Å²) >= 11 is 0. The molecule has 2 saturated heterocycles. The molecule has 0 spiro atoms. The number of nitrogens with zero attached hydrogens (tertiary/aromatic N) is 2. The van der Waals surface area contributed by atoms with Crippen LogP contribution in [-0.4, -0.2) is 54.3 Å². The highest BCUT2D eigenvalue weighted by Gasteiger charge is 2.35. The predicted octanol–water partition coefficient (Wildman–Crippen LogP) is 1.47. The lowest BCUT2D eigenvalue weighted by atomic mass is 9.90. The largest absolute Gasteiger partial charge is 0.342 e. The van der Waals surface area contributed by atoms with Gasteiger partial charge in [-0.1, -0.05) is 20.8 Å². The third-order valence-corrected chi connectivity index (χ3v) is 4.96. The topological polar surface area (TPSA) is 66.6 Å². The first-order valence-electron chi connectivity index (χ1n) is 8.61. The van der Waals surface area contributed by atoms with Crippen molar-refractivity contribution in [3.05, 3.63) is 0 Å². The number of likely N-dealkylation sites (tertiary alicyclic amines) is 2. The van der Waals surface area contributed by atoms with Crippen molar-refractivity contribution < 1.29 is 9.59 Å². The lowest BCUT2D eigenvalue weighted by Crippen LogP contribution is -2.50. The Kier molecular flexibility index (Phi) is 5.48. The van der Waals surface area contributed by atoms with Crippen molar-refractivity contribution >= 4 is 11.8 Å². The summed E-state index contributed by atoms with van der Waals surface area (Å²) in [5, 5.41) is 0. The summed E-state index contributed by atoms with van der Waals surface area (Å²) < 4.78 is 0. The molecule has 0 aromatic heterocycles. The number of carbonyl (C=O) groups is 2. The van der Waals surface area contributed by atoms with Crippen LogP contribution in [0.25, 0.3) is 0 Å². The Morgan fingerprint density at radius 3 is 2.23 bits per heavy atom. The fraction of sp³-hybridized carbons (Fsp3) is 0.882. The van der Waals surface area contributed by atoms with Gasteiger partial charge in [-0.2, -0.15) is 0 Å². The molecule has 1 atom stereocenters. The lowest BCUT2D eigenvalue weighted by molar-refractivity contribution is -0.145. The van der Waals surface area contributed by atoms with E-state index in [0.29, 0.717) is 12.5 Å². The van der Waals surface area contributed by atoms with E-state index in [0.717, 1.165) is 51.9 Å². The van der Waals surface area contributed by atoms with Gasteiger partial charge in [-0.3, -0.25) is 9.59 Å². The van der Waals surface area contributed by atoms with Gasteiger partial charge in [0.1, 0.15) is 0 Å². The molecule has 1 unspecified atom stereocenters. The maximum absolute atomic E-state index is 12.7. The molecule has 2 fully saturated rings. The summed E-state index contributed by atoms with van der Waals surface area (Å²) in [7, 11) is 0. The quantitative estimate of drug-likeness (QED) is 0.840. The Labute approximate surface area is 134 Å². The summed E-state index contributed by atoms with van der Waals surface area (Å²) in [6, 6.07) is 0. The first-order valence-corrected chi connectivity index (χ1v) is 8.61. The van der Waals surface area contributed by atoms with E-state index in [4.69, 9.17) is 5.73 Å². The van der Waals surface area contributed by atoms with E-state index < -0.39 is 0 Å². The molecule has 5 nitrogen and oxygen atoms in total. The molecular weight excluding hydrogens is 278 g/mol. The summed E-state index contributed by atoms with van der Waals surface area (Å²) in [5.74, 6) is 0.942. The molecule has 0 radical (unpaired) electrons. The summed E-state index contributed by atoms with van der Waals surface area (Å²) in [5.41, 5.74) is 5.34.